The molecule has 3 aromatic rings. The summed E-state index contributed by atoms with van der Waals surface area (Å²) in [6.07, 6.45) is 0.967. The van der Waals surface area contributed by atoms with Crippen molar-refractivity contribution >= 4 is 34.0 Å². The van der Waals surface area contributed by atoms with E-state index >= 15 is 0 Å². The first-order valence-corrected chi connectivity index (χ1v) is 13.0. The third-order valence-electron chi connectivity index (χ3n) is 5.93. The smallest absolute Gasteiger partial charge is 0.129 e. The standard InChI is InChI=1S/C29H33BrO2S/c1-27(2,3)23-18-21(19-24(26(23)32)28(4,5)6)29(33-17-16-31,20-12-8-7-9-13-20)22-14-10-11-15-25(22)30/h7-16,18-19,32H,17H2,1-6H3. The third-order valence-corrected chi connectivity index (χ3v) is 8.05. The molecule has 1 atom stereocenters. The number of halogens is 1. The first-order valence-electron chi connectivity index (χ1n) is 11.2. The average Bonchev–Trinajstić information content (AvgIpc) is 2.75. The van der Waals surface area contributed by atoms with Crippen molar-refractivity contribution in [2.24, 2.45) is 0 Å². The number of phenolic OH excluding ortho intramolecular Hbond substituents is 1. The lowest BCUT2D eigenvalue weighted by Crippen LogP contribution is -2.29. The van der Waals surface area contributed by atoms with E-state index in [2.05, 4.69) is 87.8 Å². The zero-order valence-corrected chi connectivity index (χ0v) is 22.7. The van der Waals surface area contributed by atoms with Gasteiger partial charge in [-0.1, -0.05) is 106 Å². The minimum atomic E-state index is -0.643. The molecule has 4 heteroatoms. The van der Waals surface area contributed by atoms with Crippen LogP contribution in [-0.2, 0) is 20.4 Å². The van der Waals surface area contributed by atoms with E-state index in [1.54, 1.807) is 11.8 Å². The molecule has 0 amide bonds. The summed E-state index contributed by atoms with van der Waals surface area (Å²) in [6, 6.07) is 22.8. The van der Waals surface area contributed by atoms with E-state index in [1.165, 1.54) is 0 Å². The molecule has 0 radical (unpaired) electrons. The zero-order chi connectivity index (χ0) is 24.4. The Bertz CT molecular complexity index is 1090. The Hall–Kier alpha value is -2.04. The molecule has 0 heterocycles. The summed E-state index contributed by atoms with van der Waals surface area (Å²) in [7, 11) is 0. The first kappa shape index (κ1) is 25.6. The predicted octanol–water partition coefficient (Wildman–Crippen LogP) is 7.97. The molecule has 2 nitrogen and oxygen atoms in total. The third kappa shape index (κ3) is 5.07. The summed E-state index contributed by atoms with van der Waals surface area (Å²) in [5, 5.41) is 11.3. The minimum Gasteiger partial charge on any atom is -0.507 e. The highest BCUT2D eigenvalue weighted by Crippen LogP contribution is 2.53. The van der Waals surface area contributed by atoms with Crippen molar-refractivity contribution in [2.75, 3.05) is 5.75 Å². The zero-order valence-electron chi connectivity index (χ0n) is 20.3. The molecule has 0 aromatic heterocycles. The summed E-state index contributed by atoms with van der Waals surface area (Å²) >= 11 is 5.41. The molecule has 0 aliphatic rings. The van der Waals surface area contributed by atoms with E-state index in [1.807, 2.05) is 36.4 Å². The Kier molecular flexibility index (Phi) is 7.50. The van der Waals surface area contributed by atoms with Crippen molar-refractivity contribution in [2.45, 2.75) is 57.1 Å². The van der Waals surface area contributed by atoms with Crippen molar-refractivity contribution in [3.8, 4) is 5.75 Å². The van der Waals surface area contributed by atoms with Crippen LogP contribution in [0.25, 0.3) is 0 Å². The summed E-state index contributed by atoms with van der Waals surface area (Å²) in [6.45, 7) is 12.7. The predicted molar refractivity (Wildman–Crippen MR) is 144 cm³/mol. The Morgan fingerprint density at radius 1 is 0.788 bits per heavy atom. The van der Waals surface area contributed by atoms with Crippen LogP contribution in [0.2, 0.25) is 0 Å². The molecule has 0 aliphatic carbocycles. The Labute approximate surface area is 211 Å². The van der Waals surface area contributed by atoms with Crippen LogP contribution in [-0.4, -0.2) is 17.1 Å². The van der Waals surface area contributed by atoms with Gasteiger partial charge in [-0.3, -0.25) is 0 Å². The highest BCUT2D eigenvalue weighted by Gasteiger charge is 2.40. The van der Waals surface area contributed by atoms with Crippen LogP contribution in [0.1, 0.15) is 69.4 Å². The normalized spacial score (nSPS) is 14.0. The lowest BCUT2D eigenvalue weighted by Gasteiger charge is -2.38. The van der Waals surface area contributed by atoms with Gasteiger partial charge in [0.1, 0.15) is 12.0 Å². The number of rotatable bonds is 6. The van der Waals surface area contributed by atoms with Crippen molar-refractivity contribution in [3.05, 3.63) is 99.0 Å². The van der Waals surface area contributed by atoms with E-state index in [0.29, 0.717) is 11.5 Å². The molecule has 1 N–H and O–H groups in total. The summed E-state index contributed by atoms with van der Waals surface area (Å²) in [5.74, 6) is 0.695. The molecular formula is C29H33BrO2S. The Morgan fingerprint density at radius 2 is 1.30 bits per heavy atom. The van der Waals surface area contributed by atoms with Gasteiger partial charge in [0, 0.05) is 4.47 Å². The van der Waals surface area contributed by atoms with Crippen LogP contribution < -0.4 is 0 Å². The average molecular weight is 526 g/mol. The van der Waals surface area contributed by atoms with Gasteiger partial charge in [0.2, 0.25) is 0 Å². The van der Waals surface area contributed by atoms with E-state index in [0.717, 1.165) is 38.6 Å². The summed E-state index contributed by atoms with van der Waals surface area (Å²) < 4.78 is 0.339. The monoisotopic (exact) mass is 524 g/mol. The Morgan fingerprint density at radius 3 is 1.79 bits per heavy atom. The van der Waals surface area contributed by atoms with E-state index < -0.39 is 4.75 Å². The van der Waals surface area contributed by atoms with Crippen LogP contribution in [0.4, 0.5) is 0 Å². The van der Waals surface area contributed by atoms with Gasteiger partial charge in [-0.2, -0.15) is 0 Å². The number of aromatic hydroxyl groups is 1. The lowest BCUT2D eigenvalue weighted by molar-refractivity contribution is -0.105. The fourth-order valence-electron chi connectivity index (χ4n) is 4.28. The molecule has 0 bridgehead atoms. The summed E-state index contributed by atoms with van der Waals surface area (Å²) in [4.78, 5) is 11.7. The van der Waals surface area contributed by atoms with Gasteiger partial charge in [-0.25, -0.2) is 0 Å². The van der Waals surface area contributed by atoms with Gasteiger partial charge in [0.15, 0.2) is 0 Å². The molecule has 0 fully saturated rings. The van der Waals surface area contributed by atoms with Gasteiger partial charge in [0.25, 0.3) is 0 Å². The minimum absolute atomic E-state index is 0.258. The molecule has 0 spiro atoms. The number of benzene rings is 3. The maximum atomic E-state index is 11.7. The van der Waals surface area contributed by atoms with Crippen molar-refractivity contribution in [3.63, 3.8) is 0 Å². The number of carbonyl (C=O) groups excluding carboxylic acids is 1. The molecule has 33 heavy (non-hydrogen) atoms. The van der Waals surface area contributed by atoms with Gasteiger partial charge < -0.3 is 9.90 Å². The van der Waals surface area contributed by atoms with Gasteiger partial charge in [-0.15, -0.1) is 11.8 Å². The van der Waals surface area contributed by atoms with Gasteiger partial charge >= 0.3 is 0 Å². The maximum Gasteiger partial charge on any atom is 0.129 e. The second-order valence-electron chi connectivity index (χ2n) is 10.4. The Balaban J connectivity index is 2.53. The second kappa shape index (κ2) is 9.68. The second-order valence-corrected chi connectivity index (χ2v) is 12.5. The largest absolute Gasteiger partial charge is 0.507 e. The fraction of sp³-hybridized carbons (Fsp3) is 0.345. The van der Waals surface area contributed by atoms with Crippen LogP contribution in [0.15, 0.2) is 71.2 Å². The highest BCUT2D eigenvalue weighted by atomic mass is 79.9. The molecule has 1 unspecified atom stereocenters. The van der Waals surface area contributed by atoms with Crippen LogP contribution in [0.5, 0.6) is 5.75 Å². The van der Waals surface area contributed by atoms with Crippen LogP contribution in [0, 0.1) is 0 Å². The fourth-order valence-corrected chi connectivity index (χ4v) is 6.23. The first-order chi connectivity index (χ1) is 15.4. The van der Waals surface area contributed by atoms with E-state index in [9.17, 15) is 9.90 Å². The van der Waals surface area contributed by atoms with Crippen LogP contribution in [0.3, 0.4) is 0 Å². The van der Waals surface area contributed by atoms with Crippen molar-refractivity contribution < 1.29 is 9.90 Å². The number of hydrogen-bond donors (Lipinski definition) is 1. The number of hydrogen-bond acceptors (Lipinski definition) is 3. The highest BCUT2D eigenvalue weighted by molar-refractivity contribution is 9.10. The maximum absolute atomic E-state index is 11.7. The summed E-state index contributed by atoms with van der Waals surface area (Å²) in [5.41, 5.74) is 4.52. The molecule has 0 saturated heterocycles. The molecule has 3 aromatic carbocycles. The van der Waals surface area contributed by atoms with E-state index in [-0.39, 0.29) is 10.8 Å². The molecular weight excluding hydrogens is 492 g/mol. The molecule has 0 aliphatic heterocycles. The molecule has 174 valence electrons. The number of thioether (sulfide) groups is 1. The van der Waals surface area contributed by atoms with Crippen molar-refractivity contribution in [1.82, 2.24) is 0 Å². The topological polar surface area (TPSA) is 37.3 Å². The number of aldehydes is 1. The van der Waals surface area contributed by atoms with Gasteiger partial charge in [-0.05, 0) is 56.8 Å². The molecule has 3 rings (SSSR count). The van der Waals surface area contributed by atoms with Crippen LogP contribution >= 0.6 is 27.7 Å². The number of phenols is 1. The van der Waals surface area contributed by atoms with Crippen molar-refractivity contribution in [1.29, 1.82) is 0 Å². The van der Waals surface area contributed by atoms with E-state index in [4.69, 9.17) is 0 Å². The number of carbonyl (C=O) groups is 1. The quantitative estimate of drug-likeness (QED) is 0.262. The van der Waals surface area contributed by atoms with Gasteiger partial charge in [0.05, 0.1) is 10.5 Å². The SMILES string of the molecule is CC(C)(C)c1cc(C(SCC=O)(c2ccccc2)c2ccccc2Br)cc(C(C)(C)C)c1O. The lowest BCUT2D eigenvalue weighted by atomic mass is 9.74. The molecule has 0 saturated carbocycles.